The number of aromatic nitrogens is 1. The number of carbonyl (C=O) groups excluding carboxylic acids is 2. The van der Waals surface area contributed by atoms with E-state index in [-0.39, 0.29) is 24.8 Å². The lowest BCUT2D eigenvalue weighted by Crippen LogP contribution is -2.60. The van der Waals surface area contributed by atoms with Crippen LogP contribution in [0.1, 0.15) is 41.6 Å². The first kappa shape index (κ1) is 31.5. The third-order valence-electron chi connectivity index (χ3n) is 8.54. The highest BCUT2D eigenvalue weighted by molar-refractivity contribution is 5.83. The van der Waals surface area contributed by atoms with Crippen LogP contribution in [0.15, 0.2) is 91.4 Å². The van der Waals surface area contributed by atoms with E-state index in [4.69, 9.17) is 0 Å². The molecule has 1 aliphatic heterocycles. The third-order valence-corrected chi connectivity index (χ3v) is 8.54. The maximum Gasteiger partial charge on any atom is 0.242 e. The predicted molar refractivity (Wildman–Crippen MR) is 169 cm³/mol. The van der Waals surface area contributed by atoms with Gasteiger partial charge in [-0.3, -0.25) is 24.4 Å². The topological polar surface area (TPSA) is 118 Å². The number of aliphatic hydroxyl groups excluding tert-OH is 2. The minimum Gasteiger partial charge on any atom is -0.392 e. The Labute approximate surface area is 259 Å². The van der Waals surface area contributed by atoms with E-state index in [0.29, 0.717) is 38.2 Å². The fourth-order valence-corrected chi connectivity index (χ4v) is 6.41. The number of benzene rings is 2. The largest absolute Gasteiger partial charge is 0.392 e. The molecule has 2 heterocycles. The van der Waals surface area contributed by atoms with Gasteiger partial charge in [0.25, 0.3) is 0 Å². The van der Waals surface area contributed by atoms with Crippen molar-refractivity contribution in [2.24, 2.45) is 5.92 Å². The molecule has 5 atom stereocenters. The van der Waals surface area contributed by atoms with Crippen molar-refractivity contribution >= 4 is 11.8 Å². The molecule has 9 heteroatoms. The van der Waals surface area contributed by atoms with Crippen molar-refractivity contribution in [1.82, 2.24) is 25.4 Å². The molecular formula is C35H43N5O4. The number of fused-ring (bicyclic) bond motifs is 1. The zero-order valence-corrected chi connectivity index (χ0v) is 25.3. The standard InChI is InChI=1S/C35H43N5O4/c1-24(2)37-35(44)31-23-39(21-26-11-8-14-36-20-26)15-16-40(31)22-29(41)18-28(17-25-9-4-3-5-10-25)34(43)38-33-30-13-7-6-12-27(30)19-32(33)42/h3-14,20,28-29,31-33,41-42H,1,15-19,21-23H2,2H3,(H,37,44)(H,38,43)/t28-,29+,31+,32-,33+/m1/s1. The Bertz CT molecular complexity index is 1420. The molecule has 9 nitrogen and oxygen atoms in total. The monoisotopic (exact) mass is 597 g/mol. The third kappa shape index (κ3) is 8.18. The molecule has 0 saturated carbocycles. The second-order valence-corrected chi connectivity index (χ2v) is 12.1. The average molecular weight is 598 g/mol. The van der Waals surface area contributed by atoms with E-state index in [1.165, 1.54) is 0 Å². The van der Waals surface area contributed by atoms with Crippen LogP contribution in [0.2, 0.25) is 0 Å². The van der Waals surface area contributed by atoms with Gasteiger partial charge in [-0.05, 0) is 48.1 Å². The van der Waals surface area contributed by atoms with Crippen LogP contribution in [0.4, 0.5) is 0 Å². The van der Waals surface area contributed by atoms with Crippen molar-refractivity contribution in [2.45, 2.75) is 57.0 Å². The molecule has 2 aromatic carbocycles. The fourth-order valence-electron chi connectivity index (χ4n) is 6.41. The Morgan fingerprint density at radius 1 is 1.05 bits per heavy atom. The van der Waals surface area contributed by atoms with Crippen molar-refractivity contribution < 1.29 is 19.8 Å². The lowest BCUT2D eigenvalue weighted by molar-refractivity contribution is -0.130. The maximum atomic E-state index is 13.8. The molecule has 1 aliphatic carbocycles. The van der Waals surface area contributed by atoms with Crippen LogP contribution >= 0.6 is 0 Å². The van der Waals surface area contributed by atoms with Crippen molar-refractivity contribution in [3.8, 4) is 0 Å². The number of aliphatic hydroxyl groups is 2. The summed E-state index contributed by atoms with van der Waals surface area (Å²) >= 11 is 0. The molecule has 0 radical (unpaired) electrons. The summed E-state index contributed by atoms with van der Waals surface area (Å²) in [5.74, 6) is -0.887. The molecular weight excluding hydrogens is 554 g/mol. The van der Waals surface area contributed by atoms with Crippen LogP contribution in [-0.2, 0) is 29.0 Å². The van der Waals surface area contributed by atoms with Gasteiger partial charge in [-0.1, -0.05) is 67.2 Å². The first-order chi connectivity index (χ1) is 21.3. The van der Waals surface area contributed by atoms with E-state index < -0.39 is 30.2 Å². The average Bonchev–Trinajstić information content (AvgIpc) is 3.32. The molecule has 2 amide bonds. The number of β-amino-alcohol motifs (C(OH)–C–C–N with tert-alkyl or cyclic N) is 1. The van der Waals surface area contributed by atoms with Crippen LogP contribution in [-0.4, -0.2) is 81.2 Å². The van der Waals surface area contributed by atoms with Crippen LogP contribution in [0.3, 0.4) is 0 Å². The first-order valence-electron chi connectivity index (χ1n) is 15.4. The summed E-state index contributed by atoms with van der Waals surface area (Å²) in [6.07, 6.45) is 3.19. The number of pyridine rings is 1. The SMILES string of the molecule is C=C(C)NC(=O)[C@@H]1CN(Cc2cccnc2)CCN1C[C@@H](O)C[C@@H](Cc1ccccc1)C(=O)N[C@H]1c2ccccc2C[C@H]1O. The van der Waals surface area contributed by atoms with Crippen LogP contribution in [0, 0.1) is 5.92 Å². The maximum absolute atomic E-state index is 13.8. The Balaban J connectivity index is 1.28. The summed E-state index contributed by atoms with van der Waals surface area (Å²) in [5.41, 5.74) is 4.60. The molecule has 4 N–H and O–H groups in total. The van der Waals surface area contributed by atoms with Gasteiger partial charge < -0.3 is 20.8 Å². The normalized spacial score (nSPS) is 21.7. The Hall–Kier alpha value is -3.89. The Morgan fingerprint density at radius 2 is 1.80 bits per heavy atom. The van der Waals surface area contributed by atoms with Gasteiger partial charge in [0.15, 0.2) is 0 Å². The summed E-state index contributed by atoms with van der Waals surface area (Å²) < 4.78 is 0. The van der Waals surface area contributed by atoms with E-state index >= 15 is 0 Å². The van der Waals surface area contributed by atoms with Gasteiger partial charge in [-0.15, -0.1) is 0 Å². The zero-order valence-electron chi connectivity index (χ0n) is 25.3. The van der Waals surface area contributed by atoms with Gasteiger partial charge >= 0.3 is 0 Å². The van der Waals surface area contributed by atoms with Crippen molar-refractivity contribution in [3.63, 3.8) is 0 Å². The highest BCUT2D eigenvalue weighted by atomic mass is 16.3. The fraction of sp³-hybridized carbons (Fsp3) is 0.400. The highest BCUT2D eigenvalue weighted by Crippen LogP contribution is 2.32. The van der Waals surface area contributed by atoms with E-state index in [2.05, 4.69) is 27.1 Å². The van der Waals surface area contributed by atoms with Gasteiger partial charge in [0.05, 0.1) is 18.2 Å². The van der Waals surface area contributed by atoms with Gasteiger partial charge in [0, 0.05) is 63.2 Å². The molecule has 0 unspecified atom stereocenters. The minimum atomic E-state index is -0.847. The van der Waals surface area contributed by atoms with E-state index in [0.717, 1.165) is 28.8 Å². The predicted octanol–water partition coefficient (Wildman–Crippen LogP) is 2.60. The quantitative estimate of drug-likeness (QED) is 0.254. The number of piperazine rings is 1. The number of nitrogens with one attached hydrogen (secondary N) is 2. The molecule has 3 aromatic rings. The molecule has 44 heavy (non-hydrogen) atoms. The van der Waals surface area contributed by atoms with Gasteiger partial charge in [0.1, 0.15) is 6.04 Å². The molecule has 5 rings (SSSR count). The molecule has 0 spiro atoms. The van der Waals surface area contributed by atoms with Gasteiger partial charge in [0.2, 0.25) is 11.8 Å². The number of carbonyl (C=O) groups is 2. The van der Waals surface area contributed by atoms with E-state index in [1.807, 2.05) is 77.8 Å². The molecule has 0 bridgehead atoms. The molecule has 2 aliphatic rings. The number of allylic oxidation sites excluding steroid dienone is 1. The van der Waals surface area contributed by atoms with Crippen LogP contribution in [0.25, 0.3) is 0 Å². The second-order valence-electron chi connectivity index (χ2n) is 12.1. The van der Waals surface area contributed by atoms with Gasteiger partial charge in [-0.2, -0.15) is 0 Å². The number of nitrogens with zero attached hydrogens (tertiary/aromatic N) is 3. The minimum absolute atomic E-state index is 0.159. The van der Waals surface area contributed by atoms with E-state index in [9.17, 15) is 19.8 Å². The molecule has 1 aromatic heterocycles. The summed E-state index contributed by atoms with van der Waals surface area (Å²) in [6, 6.07) is 20.5. The van der Waals surface area contributed by atoms with Crippen LogP contribution < -0.4 is 10.6 Å². The smallest absolute Gasteiger partial charge is 0.242 e. The molecule has 1 fully saturated rings. The summed E-state index contributed by atoms with van der Waals surface area (Å²) in [5, 5.41) is 28.1. The lowest BCUT2D eigenvalue weighted by Gasteiger charge is -2.41. The lowest BCUT2D eigenvalue weighted by atomic mass is 9.91. The Morgan fingerprint density at radius 3 is 2.55 bits per heavy atom. The summed E-state index contributed by atoms with van der Waals surface area (Å²) in [6.45, 7) is 8.33. The highest BCUT2D eigenvalue weighted by Gasteiger charge is 2.36. The number of hydrogen-bond donors (Lipinski definition) is 4. The molecule has 232 valence electrons. The van der Waals surface area contributed by atoms with Crippen molar-refractivity contribution in [1.29, 1.82) is 0 Å². The van der Waals surface area contributed by atoms with E-state index in [1.54, 1.807) is 13.1 Å². The Kier molecular flexibility index (Phi) is 10.6. The van der Waals surface area contributed by atoms with Crippen molar-refractivity contribution in [2.75, 3.05) is 26.2 Å². The number of hydrogen-bond acceptors (Lipinski definition) is 7. The zero-order chi connectivity index (χ0) is 31.1. The first-order valence-corrected chi connectivity index (χ1v) is 15.4. The molecule has 1 saturated heterocycles. The van der Waals surface area contributed by atoms with Crippen molar-refractivity contribution in [3.05, 3.63) is 114 Å². The second kappa shape index (κ2) is 14.7. The number of amides is 2. The summed E-state index contributed by atoms with van der Waals surface area (Å²) in [7, 11) is 0. The number of rotatable bonds is 12. The van der Waals surface area contributed by atoms with Crippen LogP contribution in [0.5, 0.6) is 0 Å². The summed E-state index contributed by atoms with van der Waals surface area (Å²) in [4.78, 5) is 35.5. The van der Waals surface area contributed by atoms with Gasteiger partial charge in [-0.25, -0.2) is 0 Å².